The van der Waals surface area contributed by atoms with E-state index < -0.39 is 16.3 Å². The summed E-state index contributed by atoms with van der Waals surface area (Å²) >= 11 is 0. The molecule has 0 aliphatic carbocycles. The van der Waals surface area contributed by atoms with Crippen molar-refractivity contribution in [3.05, 3.63) is 92.8 Å². The summed E-state index contributed by atoms with van der Waals surface area (Å²) in [5.41, 5.74) is -0.0744. The molecule has 28 heavy (non-hydrogen) atoms. The zero-order valence-electron chi connectivity index (χ0n) is 14.5. The van der Waals surface area contributed by atoms with Crippen LogP contribution in [0.3, 0.4) is 0 Å². The number of carbonyl (C=O) groups is 1. The van der Waals surface area contributed by atoms with E-state index in [0.29, 0.717) is 16.7 Å². The molecular formula is C21H13NO6. The van der Waals surface area contributed by atoms with Gasteiger partial charge in [0.05, 0.1) is 10.3 Å². The molecule has 0 atom stereocenters. The third-order valence-corrected chi connectivity index (χ3v) is 4.34. The smallest absolute Gasteiger partial charge is 0.344 e. The van der Waals surface area contributed by atoms with Gasteiger partial charge in [-0.2, -0.15) is 0 Å². The fourth-order valence-corrected chi connectivity index (χ4v) is 2.98. The van der Waals surface area contributed by atoms with Crippen LogP contribution in [0.5, 0.6) is 5.75 Å². The molecule has 0 saturated heterocycles. The lowest BCUT2D eigenvalue weighted by Crippen LogP contribution is -2.11. The molecule has 7 nitrogen and oxygen atoms in total. The molecule has 4 aromatic rings. The van der Waals surface area contributed by atoms with E-state index in [1.165, 1.54) is 24.3 Å². The van der Waals surface area contributed by atoms with Gasteiger partial charge in [0.1, 0.15) is 11.3 Å². The van der Waals surface area contributed by atoms with Crippen LogP contribution < -0.4 is 10.4 Å². The van der Waals surface area contributed by atoms with Gasteiger partial charge >= 0.3 is 5.63 Å². The molecule has 7 heteroatoms. The van der Waals surface area contributed by atoms with Gasteiger partial charge < -0.3 is 9.15 Å². The highest BCUT2D eigenvalue weighted by atomic mass is 16.6. The van der Waals surface area contributed by atoms with Crippen molar-refractivity contribution < 1.29 is 18.9 Å². The number of hydrogen-bond donors (Lipinski definition) is 0. The molecule has 0 aliphatic heterocycles. The van der Waals surface area contributed by atoms with Crippen LogP contribution in [-0.4, -0.2) is 17.3 Å². The Hall–Kier alpha value is -4.00. The number of nitro groups is 1. The lowest BCUT2D eigenvalue weighted by molar-refractivity contribution is -0.384. The van der Waals surface area contributed by atoms with Crippen molar-refractivity contribution in [1.82, 2.24) is 0 Å². The second-order valence-electron chi connectivity index (χ2n) is 6.11. The van der Waals surface area contributed by atoms with E-state index in [-0.39, 0.29) is 17.9 Å². The number of non-ortho nitro benzene ring substituents is 1. The summed E-state index contributed by atoms with van der Waals surface area (Å²) in [6.07, 6.45) is 0. The highest BCUT2D eigenvalue weighted by Gasteiger charge is 2.13. The van der Waals surface area contributed by atoms with Gasteiger partial charge in [-0.1, -0.05) is 30.3 Å². The minimum atomic E-state index is -0.562. The van der Waals surface area contributed by atoms with Gasteiger partial charge in [-0.15, -0.1) is 0 Å². The molecule has 0 saturated carbocycles. The van der Waals surface area contributed by atoms with Crippen LogP contribution in [0.2, 0.25) is 0 Å². The molecule has 0 unspecified atom stereocenters. The normalized spacial score (nSPS) is 10.9. The summed E-state index contributed by atoms with van der Waals surface area (Å²) in [7, 11) is 0. The van der Waals surface area contributed by atoms with Crippen LogP contribution in [0.25, 0.3) is 21.7 Å². The van der Waals surface area contributed by atoms with Crippen molar-refractivity contribution in [2.24, 2.45) is 0 Å². The van der Waals surface area contributed by atoms with Gasteiger partial charge in [0.15, 0.2) is 12.4 Å². The summed E-state index contributed by atoms with van der Waals surface area (Å²) in [5.74, 6) is -0.0477. The fraction of sp³-hybridized carbons (Fsp3) is 0.0476. The Labute approximate surface area is 157 Å². The van der Waals surface area contributed by atoms with Gasteiger partial charge in [0.25, 0.3) is 5.69 Å². The number of nitrogens with zero attached hydrogens (tertiary/aromatic N) is 1. The van der Waals surface area contributed by atoms with Gasteiger partial charge in [0, 0.05) is 29.1 Å². The van der Waals surface area contributed by atoms with Crippen LogP contribution in [0.4, 0.5) is 5.69 Å². The first-order valence-corrected chi connectivity index (χ1v) is 8.39. The summed E-state index contributed by atoms with van der Waals surface area (Å²) in [4.78, 5) is 34.7. The third-order valence-electron chi connectivity index (χ3n) is 4.34. The topological polar surface area (TPSA) is 99.7 Å². The molecule has 0 aliphatic rings. The maximum Gasteiger partial charge on any atom is 0.344 e. The minimum absolute atomic E-state index is 0.162. The number of Topliss-reactive ketones (excluding diaryl/α,β-unsaturated/α-hetero) is 1. The van der Waals surface area contributed by atoms with Gasteiger partial charge in [-0.05, 0) is 23.6 Å². The Kier molecular flexibility index (Phi) is 4.33. The maximum absolute atomic E-state index is 12.3. The Morgan fingerprint density at radius 2 is 1.75 bits per heavy atom. The van der Waals surface area contributed by atoms with E-state index in [0.717, 1.165) is 10.8 Å². The summed E-state index contributed by atoms with van der Waals surface area (Å²) in [6, 6.07) is 17.6. The highest BCUT2D eigenvalue weighted by Crippen LogP contribution is 2.26. The summed E-state index contributed by atoms with van der Waals surface area (Å²) < 4.78 is 10.9. The second-order valence-corrected chi connectivity index (χ2v) is 6.11. The molecule has 138 valence electrons. The first-order chi connectivity index (χ1) is 13.5. The molecule has 1 heterocycles. The Morgan fingerprint density at radius 1 is 0.964 bits per heavy atom. The quantitative estimate of drug-likeness (QED) is 0.171. The van der Waals surface area contributed by atoms with E-state index in [1.807, 2.05) is 12.1 Å². The Balaban J connectivity index is 1.59. The van der Waals surface area contributed by atoms with E-state index in [9.17, 15) is 19.7 Å². The standard InChI is InChI=1S/C21H13NO6/c23-19(13-4-3-5-14(10-13)22(25)26)12-27-15-8-9-17-16-6-1-2-7-18(16)21(24)28-20(17)11-15/h1-11H,12H2. The first-order valence-electron chi connectivity index (χ1n) is 8.39. The van der Waals surface area contributed by atoms with Crippen LogP contribution in [0.15, 0.2) is 75.9 Å². The molecule has 0 radical (unpaired) electrons. The third kappa shape index (κ3) is 3.21. The Morgan fingerprint density at radius 3 is 2.54 bits per heavy atom. The van der Waals surface area contributed by atoms with E-state index in [1.54, 1.807) is 30.3 Å². The van der Waals surface area contributed by atoms with Crippen molar-refractivity contribution in [2.75, 3.05) is 6.61 Å². The number of ether oxygens (including phenoxy) is 1. The van der Waals surface area contributed by atoms with Gasteiger partial charge in [0.2, 0.25) is 0 Å². The molecule has 4 rings (SSSR count). The van der Waals surface area contributed by atoms with Crippen LogP contribution >= 0.6 is 0 Å². The molecule has 0 spiro atoms. The predicted molar refractivity (Wildman–Crippen MR) is 103 cm³/mol. The number of hydrogen-bond acceptors (Lipinski definition) is 6. The SMILES string of the molecule is O=C(COc1ccc2c(c1)oc(=O)c1ccccc12)c1cccc([N+](=O)[O-])c1. The number of nitro benzene ring substituents is 1. The van der Waals surface area contributed by atoms with Gasteiger partial charge in [-0.3, -0.25) is 14.9 Å². The second kappa shape index (κ2) is 6.96. The lowest BCUT2D eigenvalue weighted by Gasteiger charge is -2.07. The molecule has 0 bridgehead atoms. The number of ketones is 1. The fourth-order valence-electron chi connectivity index (χ4n) is 2.98. The molecule has 0 fully saturated rings. The zero-order valence-corrected chi connectivity index (χ0v) is 14.5. The first kappa shape index (κ1) is 17.4. The zero-order chi connectivity index (χ0) is 19.7. The molecular weight excluding hydrogens is 362 g/mol. The molecule has 0 amide bonds. The average Bonchev–Trinajstić information content (AvgIpc) is 2.72. The summed E-state index contributed by atoms with van der Waals surface area (Å²) in [6.45, 7) is -0.301. The van der Waals surface area contributed by atoms with Crippen molar-refractivity contribution in [3.8, 4) is 5.75 Å². The minimum Gasteiger partial charge on any atom is -0.485 e. The molecule has 1 aromatic heterocycles. The predicted octanol–water partition coefficient (Wildman–Crippen LogP) is 4.12. The van der Waals surface area contributed by atoms with Crippen LogP contribution in [0, 0.1) is 10.1 Å². The van der Waals surface area contributed by atoms with Gasteiger partial charge in [-0.25, -0.2) is 4.79 Å². The van der Waals surface area contributed by atoms with E-state index in [2.05, 4.69) is 0 Å². The van der Waals surface area contributed by atoms with Crippen molar-refractivity contribution in [3.63, 3.8) is 0 Å². The number of rotatable bonds is 5. The highest BCUT2D eigenvalue weighted by molar-refractivity contribution is 6.04. The molecule has 0 N–H and O–H groups in total. The largest absolute Gasteiger partial charge is 0.485 e. The van der Waals surface area contributed by atoms with E-state index in [4.69, 9.17) is 9.15 Å². The Bertz CT molecular complexity index is 1290. The number of fused-ring (bicyclic) bond motifs is 3. The van der Waals surface area contributed by atoms with Crippen molar-refractivity contribution in [1.29, 1.82) is 0 Å². The van der Waals surface area contributed by atoms with Crippen molar-refractivity contribution >= 4 is 33.2 Å². The average molecular weight is 375 g/mol. The maximum atomic E-state index is 12.3. The summed E-state index contributed by atoms with van der Waals surface area (Å²) in [5, 5.41) is 12.8. The van der Waals surface area contributed by atoms with E-state index >= 15 is 0 Å². The van der Waals surface area contributed by atoms with Crippen LogP contribution in [0.1, 0.15) is 10.4 Å². The molecule has 3 aromatic carbocycles. The number of carbonyl (C=O) groups excluding carboxylic acids is 1. The van der Waals surface area contributed by atoms with Crippen LogP contribution in [-0.2, 0) is 0 Å². The van der Waals surface area contributed by atoms with Crippen molar-refractivity contribution in [2.45, 2.75) is 0 Å². The lowest BCUT2D eigenvalue weighted by atomic mass is 10.1. The monoisotopic (exact) mass is 375 g/mol. The number of benzene rings is 3.